The van der Waals surface area contributed by atoms with Crippen LogP contribution in [0.4, 0.5) is 0 Å². The van der Waals surface area contributed by atoms with Gasteiger partial charge in [-0.15, -0.1) is 0 Å². The Balaban J connectivity index is 3.25. The van der Waals surface area contributed by atoms with Crippen molar-refractivity contribution in [1.82, 2.24) is 0 Å². The van der Waals surface area contributed by atoms with E-state index in [4.69, 9.17) is 10.5 Å². The molecule has 4 heteroatoms. The van der Waals surface area contributed by atoms with E-state index in [-0.39, 0.29) is 6.54 Å². The molecule has 0 aromatic heterocycles. The second-order valence-electron chi connectivity index (χ2n) is 2.69. The number of benzene rings is 1. The maximum Gasteiger partial charge on any atom is 0.341 e. The molecule has 1 aromatic rings. The first-order valence-corrected chi connectivity index (χ1v) is 4.18. The van der Waals surface area contributed by atoms with E-state index in [1.54, 1.807) is 18.2 Å². The Bertz CT molecular complexity index is 314. The molecule has 0 spiro atoms. The molecule has 0 amide bonds. The molecule has 0 radical (unpaired) electrons. The molecule has 0 saturated carbocycles. The summed E-state index contributed by atoms with van der Waals surface area (Å²) in [5.74, 6) is 0.0581. The Labute approximate surface area is 82.6 Å². The molecule has 0 aliphatic carbocycles. The van der Waals surface area contributed by atoms with Crippen LogP contribution >= 0.6 is 0 Å². The first kappa shape index (κ1) is 10.5. The topological polar surface area (TPSA) is 61.5 Å². The van der Waals surface area contributed by atoms with Crippen molar-refractivity contribution < 1.29 is 14.3 Å². The number of esters is 1. The van der Waals surface area contributed by atoms with Crippen LogP contribution in [-0.2, 0) is 11.3 Å². The van der Waals surface area contributed by atoms with Crippen molar-refractivity contribution in [2.24, 2.45) is 5.73 Å². The van der Waals surface area contributed by atoms with Crippen LogP contribution in [0.5, 0.6) is 5.75 Å². The van der Waals surface area contributed by atoms with Crippen molar-refractivity contribution in [3.8, 4) is 5.75 Å². The third-order valence-electron chi connectivity index (χ3n) is 1.94. The zero-order valence-corrected chi connectivity index (χ0v) is 8.24. The normalized spacial score (nSPS) is 9.64. The van der Waals surface area contributed by atoms with Crippen LogP contribution in [0.25, 0.3) is 0 Å². The molecule has 2 N–H and O–H groups in total. The van der Waals surface area contributed by atoms with Gasteiger partial charge in [-0.25, -0.2) is 4.79 Å². The van der Waals surface area contributed by atoms with Crippen LogP contribution in [0.3, 0.4) is 0 Å². The van der Waals surface area contributed by atoms with Crippen molar-refractivity contribution >= 4 is 5.97 Å². The number of ether oxygens (including phenoxy) is 2. The van der Waals surface area contributed by atoms with Crippen LogP contribution < -0.4 is 10.5 Å². The SMILES string of the molecule is COC(=O)c1c(CN)cccc1OC. The van der Waals surface area contributed by atoms with Gasteiger partial charge >= 0.3 is 5.97 Å². The Kier molecular flexibility index (Phi) is 3.48. The summed E-state index contributed by atoms with van der Waals surface area (Å²) < 4.78 is 9.70. The third kappa shape index (κ3) is 1.85. The van der Waals surface area contributed by atoms with Crippen molar-refractivity contribution in [2.45, 2.75) is 6.54 Å². The molecule has 0 bridgehead atoms. The first-order valence-electron chi connectivity index (χ1n) is 4.18. The quantitative estimate of drug-likeness (QED) is 0.729. The molecule has 0 aliphatic rings. The molecule has 14 heavy (non-hydrogen) atoms. The molecule has 76 valence electrons. The second kappa shape index (κ2) is 4.62. The lowest BCUT2D eigenvalue weighted by Crippen LogP contribution is -2.10. The number of nitrogens with two attached hydrogens (primary N) is 1. The molecule has 0 fully saturated rings. The number of hydrogen-bond donors (Lipinski definition) is 1. The Morgan fingerprint density at radius 3 is 2.64 bits per heavy atom. The van der Waals surface area contributed by atoms with Gasteiger partial charge in [0.05, 0.1) is 14.2 Å². The van der Waals surface area contributed by atoms with Gasteiger partial charge in [-0.05, 0) is 11.6 Å². The van der Waals surface area contributed by atoms with E-state index in [0.717, 1.165) is 5.56 Å². The molecule has 0 saturated heterocycles. The summed E-state index contributed by atoms with van der Waals surface area (Å²) in [5, 5.41) is 0. The number of carbonyl (C=O) groups is 1. The zero-order chi connectivity index (χ0) is 10.6. The summed E-state index contributed by atoms with van der Waals surface area (Å²) in [6, 6.07) is 5.26. The summed E-state index contributed by atoms with van der Waals surface area (Å²) in [5.41, 5.74) is 6.62. The van der Waals surface area contributed by atoms with Crippen molar-refractivity contribution in [3.63, 3.8) is 0 Å². The summed E-state index contributed by atoms with van der Waals surface area (Å²) in [7, 11) is 2.83. The Morgan fingerprint density at radius 1 is 1.43 bits per heavy atom. The molecule has 0 atom stereocenters. The molecule has 1 rings (SSSR count). The Morgan fingerprint density at radius 2 is 2.14 bits per heavy atom. The monoisotopic (exact) mass is 195 g/mol. The van der Waals surface area contributed by atoms with E-state index in [1.807, 2.05) is 0 Å². The van der Waals surface area contributed by atoms with Crippen LogP contribution in [-0.4, -0.2) is 20.2 Å². The predicted octanol–water partition coefficient (Wildman–Crippen LogP) is 0.940. The molecule has 4 nitrogen and oxygen atoms in total. The average molecular weight is 195 g/mol. The molecule has 0 heterocycles. The highest BCUT2D eigenvalue weighted by Gasteiger charge is 2.16. The zero-order valence-electron chi connectivity index (χ0n) is 8.24. The van der Waals surface area contributed by atoms with Crippen LogP contribution in [0, 0.1) is 0 Å². The summed E-state index contributed by atoms with van der Waals surface area (Å²) in [4.78, 5) is 11.4. The minimum absolute atomic E-state index is 0.279. The highest BCUT2D eigenvalue weighted by Crippen LogP contribution is 2.22. The lowest BCUT2D eigenvalue weighted by atomic mass is 10.1. The smallest absolute Gasteiger partial charge is 0.341 e. The van der Waals surface area contributed by atoms with Gasteiger partial charge < -0.3 is 15.2 Å². The van der Waals surface area contributed by atoms with Gasteiger partial charge in [0, 0.05) is 6.54 Å². The molecule has 0 unspecified atom stereocenters. The van der Waals surface area contributed by atoms with Crippen molar-refractivity contribution in [1.29, 1.82) is 0 Å². The van der Waals surface area contributed by atoms with Gasteiger partial charge in [-0.3, -0.25) is 0 Å². The summed E-state index contributed by atoms with van der Waals surface area (Å²) >= 11 is 0. The third-order valence-corrected chi connectivity index (χ3v) is 1.94. The summed E-state index contributed by atoms with van der Waals surface area (Å²) in [6.07, 6.45) is 0. The standard InChI is InChI=1S/C10H13NO3/c1-13-8-5-3-4-7(6-11)9(8)10(12)14-2/h3-5H,6,11H2,1-2H3. The number of hydrogen-bond acceptors (Lipinski definition) is 4. The maximum absolute atomic E-state index is 11.4. The lowest BCUT2D eigenvalue weighted by molar-refractivity contribution is 0.0596. The van der Waals surface area contributed by atoms with Crippen LogP contribution in [0.2, 0.25) is 0 Å². The van der Waals surface area contributed by atoms with Crippen molar-refractivity contribution in [2.75, 3.05) is 14.2 Å². The van der Waals surface area contributed by atoms with Gasteiger partial charge in [0.2, 0.25) is 0 Å². The minimum Gasteiger partial charge on any atom is -0.496 e. The largest absolute Gasteiger partial charge is 0.496 e. The molecule has 1 aromatic carbocycles. The van der Waals surface area contributed by atoms with Crippen molar-refractivity contribution in [3.05, 3.63) is 29.3 Å². The average Bonchev–Trinajstić information content (AvgIpc) is 2.26. The highest BCUT2D eigenvalue weighted by molar-refractivity contribution is 5.94. The molecular weight excluding hydrogens is 182 g/mol. The van der Waals surface area contributed by atoms with E-state index in [2.05, 4.69) is 4.74 Å². The fourth-order valence-corrected chi connectivity index (χ4v) is 1.25. The van der Waals surface area contributed by atoms with Gasteiger partial charge in [0.1, 0.15) is 11.3 Å². The van der Waals surface area contributed by atoms with Crippen LogP contribution in [0.1, 0.15) is 15.9 Å². The van der Waals surface area contributed by atoms with Gasteiger partial charge in [-0.1, -0.05) is 12.1 Å². The van der Waals surface area contributed by atoms with Gasteiger partial charge in [-0.2, -0.15) is 0 Å². The van der Waals surface area contributed by atoms with Gasteiger partial charge in [0.15, 0.2) is 0 Å². The van der Waals surface area contributed by atoms with E-state index >= 15 is 0 Å². The van der Waals surface area contributed by atoms with E-state index in [9.17, 15) is 4.79 Å². The lowest BCUT2D eigenvalue weighted by Gasteiger charge is -2.10. The number of methoxy groups -OCH3 is 2. The fourth-order valence-electron chi connectivity index (χ4n) is 1.25. The minimum atomic E-state index is -0.428. The number of carbonyl (C=O) groups excluding carboxylic acids is 1. The first-order chi connectivity index (χ1) is 6.74. The van der Waals surface area contributed by atoms with E-state index < -0.39 is 5.97 Å². The summed E-state index contributed by atoms with van der Waals surface area (Å²) in [6.45, 7) is 0.279. The Hall–Kier alpha value is -1.55. The van der Waals surface area contributed by atoms with Crippen LogP contribution in [0.15, 0.2) is 18.2 Å². The fraction of sp³-hybridized carbons (Fsp3) is 0.300. The molecule has 0 aliphatic heterocycles. The van der Waals surface area contributed by atoms with Gasteiger partial charge in [0.25, 0.3) is 0 Å². The highest BCUT2D eigenvalue weighted by atomic mass is 16.5. The second-order valence-corrected chi connectivity index (χ2v) is 2.69. The predicted molar refractivity (Wildman–Crippen MR) is 52.2 cm³/mol. The number of rotatable bonds is 3. The maximum atomic E-state index is 11.4. The van der Waals surface area contributed by atoms with E-state index in [1.165, 1.54) is 14.2 Å². The van der Waals surface area contributed by atoms with E-state index in [0.29, 0.717) is 11.3 Å². The molecular formula is C10H13NO3.